The Morgan fingerprint density at radius 3 is 1.55 bits per heavy atom. The molecule has 0 spiro atoms. The Kier molecular flexibility index (Phi) is 10.5. The molecule has 0 aromatic carbocycles. The molecule has 6 unspecified atom stereocenters. The monoisotopic (exact) mass is 523 g/mol. The molecule has 218 valence electrons. The summed E-state index contributed by atoms with van der Waals surface area (Å²) >= 11 is 0. The molecule has 38 heavy (non-hydrogen) atoms. The molecule has 0 nitrogen and oxygen atoms in total. The van der Waals surface area contributed by atoms with Gasteiger partial charge in [0.25, 0.3) is 0 Å². The maximum absolute atomic E-state index is 2.43. The van der Waals surface area contributed by atoms with Gasteiger partial charge in [-0.1, -0.05) is 104 Å². The standard InChI is InChI=1S/C12H20.C9H16.C9H14.C8H16/c1-2-12-6-9-3-10(7-12)5-11(4-9)8-12;2*1-2-8-5-7-3-4-9(8)6-7;1-2-8-6-4-3-5-7-8/h9-11H,2-8H2,1H3;7-9H,2-6H2,1H3;3-4,7-9H,2,5-6H2,1H3;8H,2-7H2,1H3. The summed E-state index contributed by atoms with van der Waals surface area (Å²) in [4.78, 5) is 0. The molecule has 0 saturated heterocycles. The molecule has 0 heterocycles. The van der Waals surface area contributed by atoms with Crippen LogP contribution in [0.4, 0.5) is 0 Å². The van der Waals surface area contributed by atoms with Crippen LogP contribution in [-0.4, -0.2) is 0 Å². The molecule has 8 bridgehead atoms. The van der Waals surface area contributed by atoms with Crippen LogP contribution in [0.1, 0.15) is 163 Å². The van der Waals surface area contributed by atoms with E-state index in [9.17, 15) is 0 Å². The molecule has 0 N–H and O–H groups in total. The fraction of sp³-hybridized carbons (Fsp3) is 0.947. The van der Waals surface area contributed by atoms with Crippen molar-refractivity contribution >= 4 is 0 Å². The van der Waals surface area contributed by atoms with Crippen molar-refractivity contribution < 1.29 is 0 Å². The molecule has 0 aromatic rings. The van der Waals surface area contributed by atoms with Gasteiger partial charge in [-0.25, -0.2) is 0 Å². The second-order valence-corrected chi connectivity index (χ2v) is 16.0. The molecule has 8 saturated carbocycles. The van der Waals surface area contributed by atoms with Crippen molar-refractivity contribution in [2.75, 3.05) is 0 Å². The lowest BCUT2D eigenvalue weighted by molar-refractivity contribution is -0.0545. The summed E-state index contributed by atoms with van der Waals surface area (Å²) in [6.45, 7) is 9.41. The Morgan fingerprint density at radius 2 is 1.21 bits per heavy atom. The Hall–Kier alpha value is -0.260. The highest BCUT2D eigenvalue weighted by Crippen LogP contribution is 2.61. The van der Waals surface area contributed by atoms with E-state index in [1.165, 1.54) is 70.6 Å². The van der Waals surface area contributed by atoms with Gasteiger partial charge in [0.2, 0.25) is 0 Å². The first-order chi connectivity index (χ1) is 18.5. The first-order valence-corrected chi connectivity index (χ1v) is 18.2. The topological polar surface area (TPSA) is 0 Å². The third-order valence-electron chi connectivity index (χ3n) is 13.6. The van der Waals surface area contributed by atoms with Crippen LogP contribution in [0.2, 0.25) is 0 Å². The first kappa shape index (κ1) is 29.2. The summed E-state index contributed by atoms with van der Waals surface area (Å²) in [5, 5.41) is 0. The summed E-state index contributed by atoms with van der Waals surface area (Å²) in [7, 11) is 0. The molecular weight excluding hydrogens is 456 g/mol. The van der Waals surface area contributed by atoms with Crippen molar-refractivity contribution in [1.82, 2.24) is 0 Å². The molecule has 9 rings (SSSR count). The smallest absolute Gasteiger partial charge is 0.0199 e. The van der Waals surface area contributed by atoms with Crippen molar-refractivity contribution in [1.29, 1.82) is 0 Å². The minimum atomic E-state index is 0.842. The molecule has 0 amide bonds. The zero-order valence-corrected chi connectivity index (χ0v) is 26.3. The van der Waals surface area contributed by atoms with Crippen molar-refractivity contribution in [3.8, 4) is 0 Å². The Balaban J connectivity index is 0.000000105. The lowest BCUT2D eigenvalue weighted by Gasteiger charge is -2.56. The van der Waals surface area contributed by atoms with Gasteiger partial charge in [-0.2, -0.15) is 0 Å². The SMILES string of the molecule is CCC12CC3CC(CC(C3)C1)C2.CCC1CC2C=CC1C2.CCC1CC2CCC1C2.CCC1CCCCC1. The van der Waals surface area contributed by atoms with E-state index in [0.29, 0.717) is 0 Å². The van der Waals surface area contributed by atoms with Gasteiger partial charge >= 0.3 is 0 Å². The number of hydrogen-bond donors (Lipinski definition) is 0. The Labute approximate surface area is 239 Å². The zero-order chi connectivity index (χ0) is 26.5. The normalized spacial score (nSPS) is 45.2. The Bertz CT molecular complexity index is 689. The predicted molar refractivity (Wildman–Crippen MR) is 166 cm³/mol. The fourth-order valence-corrected chi connectivity index (χ4v) is 11.6. The number of allylic oxidation sites excluding steroid dienone is 2. The van der Waals surface area contributed by atoms with Gasteiger partial charge < -0.3 is 0 Å². The first-order valence-electron chi connectivity index (χ1n) is 18.2. The van der Waals surface area contributed by atoms with Gasteiger partial charge in [0.05, 0.1) is 0 Å². The van der Waals surface area contributed by atoms with E-state index in [4.69, 9.17) is 0 Å². The van der Waals surface area contributed by atoms with Crippen LogP contribution in [-0.2, 0) is 0 Å². The average Bonchev–Trinajstić information content (AvgIpc) is 3.76. The fourth-order valence-electron chi connectivity index (χ4n) is 11.6. The van der Waals surface area contributed by atoms with Crippen molar-refractivity contribution in [3.63, 3.8) is 0 Å². The molecular formula is C38H66. The highest BCUT2D eigenvalue weighted by molar-refractivity contribution is 5.09. The maximum Gasteiger partial charge on any atom is -0.0199 e. The average molecular weight is 523 g/mol. The van der Waals surface area contributed by atoms with Gasteiger partial charge in [-0.05, 0) is 135 Å². The summed E-state index contributed by atoms with van der Waals surface area (Å²) in [6.07, 6.45) is 36.9. The van der Waals surface area contributed by atoms with E-state index in [0.717, 1.165) is 64.6 Å². The molecule has 0 radical (unpaired) electrons. The highest BCUT2D eigenvalue weighted by Gasteiger charge is 2.49. The number of fused-ring (bicyclic) bond motifs is 4. The van der Waals surface area contributed by atoms with Gasteiger partial charge in [-0.3, -0.25) is 0 Å². The van der Waals surface area contributed by atoms with E-state index in [1.54, 1.807) is 64.2 Å². The lowest BCUT2D eigenvalue weighted by atomic mass is 9.49. The van der Waals surface area contributed by atoms with Gasteiger partial charge in [0.1, 0.15) is 0 Å². The minimum absolute atomic E-state index is 0.842. The minimum Gasteiger partial charge on any atom is -0.0851 e. The van der Waals surface area contributed by atoms with E-state index < -0.39 is 0 Å². The van der Waals surface area contributed by atoms with Crippen LogP contribution in [0.25, 0.3) is 0 Å². The van der Waals surface area contributed by atoms with Crippen LogP contribution >= 0.6 is 0 Å². The summed E-state index contributed by atoms with van der Waals surface area (Å²) in [5.74, 6) is 11.0. The van der Waals surface area contributed by atoms with Crippen molar-refractivity contribution in [3.05, 3.63) is 12.2 Å². The van der Waals surface area contributed by atoms with Crippen LogP contribution in [0.3, 0.4) is 0 Å². The predicted octanol–water partition coefficient (Wildman–Crippen LogP) is 12.0. The van der Waals surface area contributed by atoms with Crippen LogP contribution < -0.4 is 0 Å². The zero-order valence-electron chi connectivity index (χ0n) is 26.3. The number of rotatable bonds is 4. The van der Waals surface area contributed by atoms with Crippen LogP contribution in [0.15, 0.2) is 12.2 Å². The van der Waals surface area contributed by atoms with Crippen molar-refractivity contribution in [2.45, 2.75) is 163 Å². The van der Waals surface area contributed by atoms with E-state index in [1.807, 2.05) is 0 Å². The van der Waals surface area contributed by atoms with Crippen LogP contribution in [0, 0.1) is 64.6 Å². The Morgan fingerprint density at radius 1 is 0.553 bits per heavy atom. The third-order valence-corrected chi connectivity index (χ3v) is 13.6. The maximum atomic E-state index is 2.43. The third kappa shape index (κ3) is 7.14. The number of hydrogen-bond acceptors (Lipinski definition) is 0. The van der Waals surface area contributed by atoms with E-state index in [2.05, 4.69) is 39.8 Å². The summed E-state index contributed by atoms with van der Waals surface area (Å²) < 4.78 is 0. The quantitative estimate of drug-likeness (QED) is 0.322. The largest absolute Gasteiger partial charge is 0.0851 e. The van der Waals surface area contributed by atoms with Crippen molar-refractivity contribution in [2.24, 2.45) is 64.6 Å². The molecule has 9 aliphatic rings. The van der Waals surface area contributed by atoms with Gasteiger partial charge in [-0.15, -0.1) is 0 Å². The molecule has 8 fully saturated rings. The van der Waals surface area contributed by atoms with Gasteiger partial charge in [0.15, 0.2) is 0 Å². The molecule has 6 atom stereocenters. The molecule has 0 aliphatic heterocycles. The van der Waals surface area contributed by atoms with E-state index in [-0.39, 0.29) is 0 Å². The molecule has 0 aromatic heterocycles. The van der Waals surface area contributed by atoms with Crippen LogP contribution in [0.5, 0.6) is 0 Å². The molecule has 0 heteroatoms. The van der Waals surface area contributed by atoms with E-state index >= 15 is 0 Å². The second-order valence-electron chi connectivity index (χ2n) is 16.0. The summed E-state index contributed by atoms with van der Waals surface area (Å²) in [5.41, 5.74) is 0.842. The summed E-state index contributed by atoms with van der Waals surface area (Å²) in [6, 6.07) is 0. The molecule has 9 aliphatic carbocycles. The highest BCUT2D eigenvalue weighted by atomic mass is 14.5. The van der Waals surface area contributed by atoms with Gasteiger partial charge in [0, 0.05) is 0 Å². The lowest BCUT2D eigenvalue weighted by Crippen LogP contribution is -2.45. The second kappa shape index (κ2) is 13.6.